The number of halogens is 3. The number of ether oxygens (including phenoxy) is 1. The Balaban J connectivity index is 1.61. The van der Waals surface area contributed by atoms with Crippen molar-refractivity contribution >= 4 is 28.3 Å². The number of hydrogen-bond donors (Lipinski definition) is 4. The van der Waals surface area contributed by atoms with Crippen molar-refractivity contribution in [3.8, 4) is 5.75 Å². The van der Waals surface area contributed by atoms with Gasteiger partial charge in [0, 0.05) is 11.4 Å². The molecule has 0 aliphatic rings. The molecule has 7 nitrogen and oxygen atoms in total. The van der Waals surface area contributed by atoms with Crippen LogP contribution in [0.4, 0.5) is 24.5 Å². The number of anilines is 2. The van der Waals surface area contributed by atoms with E-state index < -0.39 is 12.4 Å². The minimum absolute atomic E-state index is 0.327. The first-order valence-corrected chi connectivity index (χ1v) is 7.85. The summed E-state index contributed by atoms with van der Waals surface area (Å²) < 4.78 is 40.2. The number of alkyl halides is 3. The lowest BCUT2D eigenvalue weighted by molar-refractivity contribution is -0.274. The van der Waals surface area contributed by atoms with Crippen molar-refractivity contribution in [1.29, 1.82) is 0 Å². The van der Waals surface area contributed by atoms with Crippen LogP contribution in [0.1, 0.15) is 6.92 Å². The molecule has 0 radical (unpaired) electrons. The number of amides is 1. The first kappa shape index (κ1) is 18.4. The Labute approximate surface area is 150 Å². The summed E-state index contributed by atoms with van der Waals surface area (Å²) in [5.41, 5.74) is 1.86. The number of carbonyl (C=O) groups excluding carboxylic acids is 1. The van der Waals surface area contributed by atoms with Gasteiger partial charge in [-0.3, -0.25) is 4.79 Å². The Bertz CT molecular complexity index is 1010. The van der Waals surface area contributed by atoms with E-state index in [4.69, 9.17) is 0 Å². The van der Waals surface area contributed by atoms with E-state index in [1.54, 1.807) is 25.1 Å². The molecule has 1 unspecified atom stereocenters. The predicted octanol–water partition coefficient (Wildman–Crippen LogP) is 3.19. The van der Waals surface area contributed by atoms with Gasteiger partial charge in [-0.05, 0) is 49.4 Å². The third kappa shape index (κ3) is 4.81. The van der Waals surface area contributed by atoms with E-state index >= 15 is 0 Å². The van der Waals surface area contributed by atoms with Gasteiger partial charge in [-0.15, -0.1) is 13.2 Å². The van der Waals surface area contributed by atoms with Crippen LogP contribution in [0, 0.1) is 0 Å². The molecule has 1 aromatic heterocycles. The standard InChI is InChI=1S/C17H15F3N4O3/c1-9(21-11-4-7-13-14(8-11)24-16(26)23-13)15(25)22-10-2-5-12(6-3-10)27-17(18,19)20/h2-9,21H,1H3,(H,22,25)(H2,23,24,26). The predicted molar refractivity (Wildman–Crippen MR) is 93.8 cm³/mol. The smallest absolute Gasteiger partial charge is 0.406 e. The summed E-state index contributed by atoms with van der Waals surface area (Å²) in [6, 6.07) is 9.28. The summed E-state index contributed by atoms with van der Waals surface area (Å²) >= 11 is 0. The zero-order valence-electron chi connectivity index (χ0n) is 14.0. The number of carbonyl (C=O) groups is 1. The van der Waals surface area contributed by atoms with Crippen LogP contribution < -0.4 is 21.1 Å². The fourth-order valence-electron chi connectivity index (χ4n) is 2.43. The zero-order chi connectivity index (χ0) is 19.6. The lowest BCUT2D eigenvalue weighted by Gasteiger charge is -2.16. The van der Waals surface area contributed by atoms with Gasteiger partial charge in [-0.2, -0.15) is 0 Å². The number of rotatable bonds is 5. The normalized spacial score (nSPS) is 12.6. The zero-order valence-corrected chi connectivity index (χ0v) is 14.0. The highest BCUT2D eigenvalue weighted by Crippen LogP contribution is 2.24. The number of imidazole rings is 1. The number of nitrogens with one attached hydrogen (secondary N) is 4. The molecule has 0 aliphatic heterocycles. The van der Waals surface area contributed by atoms with Gasteiger partial charge in [-0.1, -0.05) is 0 Å². The molecule has 0 fully saturated rings. The second-order valence-corrected chi connectivity index (χ2v) is 5.77. The van der Waals surface area contributed by atoms with Gasteiger partial charge in [0.05, 0.1) is 11.0 Å². The van der Waals surface area contributed by atoms with Crippen LogP contribution in [-0.4, -0.2) is 28.3 Å². The van der Waals surface area contributed by atoms with E-state index in [2.05, 4.69) is 25.3 Å². The van der Waals surface area contributed by atoms with E-state index in [9.17, 15) is 22.8 Å². The van der Waals surface area contributed by atoms with Crippen LogP contribution in [0.15, 0.2) is 47.3 Å². The molecule has 3 rings (SSSR count). The lowest BCUT2D eigenvalue weighted by Crippen LogP contribution is -2.31. The Kier molecular flexibility index (Phi) is 4.80. The molecular weight excluding hydrogens is 365 g/mol. The number of hydrogen-bond acceptors (Lipinski definition) is 4. The summed E-state index contributed by atoms with van der Waals surface area (Å²) in [4.78, 5) is 28.8. The molecule has 10 heteroatoms. The maximum atomic E-state index is 12.2. The first-order valence-electron chi connectivity index (χ1n) is 7.85. The van der Waals surface area contributed by atoms with Gasteiger partial charge in [0.25, 0.3) is 0 Å². The number of H-pyrrole nitrogens is 2. The molecule has 27 heavy (non-hydrogen) atoms. The molecule has 4 N–H and O–H groups in total. The molecule has 0 aliphatic carbocycles. The molecule has 0 saturated heterocycles. The van der Waals surface area contributed by atoms with Crippen molar-refractivity contribution in [3.05, 3.63) is 52.9 Å². The van der Waals surface area contributed by atoms with Crippen LogP contribution in [-0.2, 0) is 4.79 Å². The largest absolute Gasteiger partial charge is 0.573 e. The fourth-order valence-corrected chi connectivity index (χ4v) is 2.43. The van der Waals surface area contributed by atoms with Gasteiger partial charge >= 0.3 is 12.1 Å². The number of aromatic amines is 2. The molecule has 142 valence electrons. The molecule has 2 aromatic carbocycles. The summed E-state index contributed by atoms with van der Waals surface area (Å²) in [7, 11) is 0. The minimum Gasteiger partial charge on any atom is -0.406 e. The van der Waals surface area contributed by atoms with Crippen LogP contribution >= 0.6 is 0 Å². The molecule has 1 atom stereocenters. The second-order valence-electron chi connectivity index (χ2n) is 5.77. The Morgan fingerprint density at radius 1 is 1.04 bits per heavy atom. The third-order valence-electron chi connectivity index (χ3n) is 3.65. The highest BCUT2D eigenvalue weighted by atomic mass is 19.4. The van der Waals surface area contributed by atoms with Crippen LogP contribution in [0.3, 0.4) is 0 Å². The average Bonchev–Trinajstić information content (AvgIpc) is 2.94. The van der Waals surface area contributed by atoms with E-state index in [0.717, 1.165) is 12.1 Å². The number of fused-ring (bicyclic) bond motifs is 1. The van der Waals surface area contributed by atoms with E-state index in [-0.39, 0.29) is 17.3 Å². The summed E-state index contributed by atoms with van der Waals surface area (Å²) in [6.45, 7) is 1.63. The Morgan fingerprint density at radius 3 is 2.33 bits per heavy atom. The fraction of sp³-hybridized carbons (Fsp3) is 0.176. The lowest BCUT2D eigenvalue weighted by atomic mass is 10.2. The van der Waals surface area contributed by atoms with Crippen LogP contribution in [0.2, 0.25) is 0 Å². The molecule has 0 saturated carbocycles. The molecule has 0 spiro atoms. The number of aromatic nitrogens is 2. The maximum Gasteiger partial charge on any atom is 0.573 e. The van der Waals surface area contributed by atoms with Crippen molar-refractivity contribution in [1.82, 2.24) is 9.97 Å². The van der Waals surface area contributed by atoms with Crippen molar-refractivity contribution in [3.63, 3.8) is 0 Å². The van der Waals surface area contributed by atoms with Gasteiger partial charge in [0.15, 0.2) is 0 Å². The summed E-state index contributed by atoms with van der Waals surface area (Å²) in [6.07, 6.45) is -4.77. The first-order chi connectivity index (χ1) is 12.7. The third-order valence-corrected chi connectivity index (χ3v) is 3.65. The molecular formula is C17H15F3N4O3. The van der Waals surface area contributed by atoms with Crippen molar-refractivity contribution < 1.29 is 22.7 Å². The van der Waals surface area contributed by atoms with Gasteiger partial charge in [0.1, 0.15) is 11.8 Å². The van der Waals surface area contributed by atoms with Gasteiger partial charge < -0.3 is 25.3 Å². The van der Waals surface area contributed by atoms with E-state index in [1.807, 2.05) is 0 Å². The molecule has 3 aromatic rings. The Morgan fingerprint density at radius 2 is 1.67 bits per heavy atom. The SMILES string of the molecule is CC(Nc1ccc2[nH]c(=O)[nH]c2c1)C(=O)Nc1ccc(OC(F)(F)F)cc1. The molecule has 0 bridgehead atoms. The highest BCUT2D eigenvalue weighted by molar-refractivity contribution is 5.96. The maximum absolute atomic E-state index is 12.2. The van der Waals surface area contributed by atoms with Gasteiger partial charge in [0.2, 0.25) is 5.91 Å². The van der Waals surface area contributed by atoms with E-state index in [0.29, 0.717) is 22.4 Å². The van der Waals surface area contributed by atoms with Crippen LogP contribution in [0.25, 0.3) is 11.0 Å². The van der Waals surface area contributed by atoms with Crippen molar-refractivity contribution in [2.24, 2.45) is 0 Å². The Hall–Kier alpha value is -3.43. The summed E-state index contributed by atoms with van der Waals surface area (Å²) in [5.74, 6) is -0.761. The monoisotopic (exact) mass is 380 g/mol. The minimum atomic E-state index is -4.77. The quantitative estimate of drug-likeness (QED) is 0.546. The van der Waals surface area contributed by atoms with Crippen LogP contribution in [0.5, 0.6) is 5.75 Å². The average molecular weight is 380 g/mol. The second kappa shape index (κ2) is 7.06. The van der Waals surface area contributed by atoms with E-state index in [1.165, 1.54) is 12.1 Å². The summed E-state index contributed by atoms with van der Waals surface area (Å²) in [5, 5.41) is 5.58. The molecule has 1 heterocycles. The van der Waals surface area contributed by atoms with Crippen molar-refractivity contribution in [2.45, 2.75) is 19.3 Å². The van der Waals surface area contributed by atoms with Gasteiger partial charge in [-0.25, -0.2) is 4.79 Å². The molecule has 1 amide bonds. The number of benzene rings is 2. The van der Waals surface area contributed by atoms with Crippen molar-refractivity contribution in [2.75, 3.05) is 10.6 Å². The topological polar surface area (TPSA) is 99.0 Å². The highest BCUT2D eigenvalue weighted by Gasteiger charge is 2.31.